The van der Waals surface area contributed by atoms with Crippen molar-refractivity contribution < 1.29 is 22.7 Å². The number of sulfonamides is 1. The number of hydrogen-bond donors (Lipinski definition) is 1. The first-order chi connectivity index (χ1) is 17.8. The Hall–Kier alpha value is -2.20. The minimum Gasteiger partial charge on any atom is -0.495 e. The predicted molar refractivity (Wildman–Crippen MR) is 154 cm³/mol. The van der Waals surface area contributed by atoms with Crippen LogP contribution < -0.4 is 14.4 Å². The molecule has 0 saturated carbocycles. The van der Waals surface area contributed by atoms with Crippen molar-refractivity contribution in [3.8, 4) is 5.75 Å². The van der Waals surface area contributed by atoms with Gasteiger partial charge >= 0.3 is 0 Å². The second kappa shape index (κ2) is 14.3. The minimum atomic E-state index is -3.67. The molecule has 0 aliphatic heterocycles. The van der Waals surface area contributed by atoms with Gasteiger partial charge in [0.25, 0.3) is 0 Å². The number of hydrogen-bond acceptors (Lipinski definition) is 5. The number of anilines is 1. The normalized spacial score (nSPS) is 12.9. The highest BCUT2D eigenvalue weighted by Gasteiger charge is 2.28. The molecule has 2 aromatic rings. The molecule has 2 rings (SSSR count). The van der Waals surface area contributed by atoms with Gasteiger partial charge in [-0.05, 0) is 57.0 Å². The first-order valence-electron chi connectivity index (χ1n) is 12.1. The Labute approximate surface area is 240 Å². The molecule has 0 radical (unpaired) electrons. The number of halogens is 3. The fourth-order valence-corrected chi connectivity index (χ4v) is 5.44. The van der Waals surface area contributed by atoms with E-state index in [2.05, 4.69) is 5.32 Å². The molecule has 0 fully saturated rings. The average Bonchev–Trinajstić information content (AvgIpc) is 2.85. The highest BCUT2D eigenvalue weighted by atomic mass is 35.5. The van der Waals surface area contributed by atoms with E-state index in [0.29, 0.717) is 27.0 Å². The lowest BCUT2D eigenvalue weighted by atomic mass is 10.1. The molecule has 210 valence electrons. The van der Waals surface area contributed by atoms with Crippen molar-refractivity contribution in [3.05, 3.63) is 57.0 Å². The third-order valence-corrected chi connectivity index (χ3v) is 8.33. The van der Waals surface area contributed by atoms with Crippen LogP contribution in [0.1, 0.15) is 45.6 Å². The average molecular weight is 607 g/mol. The quantitative estimate of drug-likeness (QED) is 0.323. The van der Waals surface area contributed by atoms with E-state index in [0.717, 1.165) is 12.7 Å². The molecule has 0 heterocycles. The van der Waals surface area contributed by atoms with Crippen LogP contribution in [0.4, 0.5) is 5.69 Å². The fraction of sp³-hybridized carbons (Fsp3) is 0.462. The molecule has 1 N–H and O–H groups in total. The second-order valence-electron chi connectivity index (χ2n) is 8.97. The standard InChI is InChI=1S/C26H34Cl3N3O5S/c1-6-17(2)30-26(34)18(3)31(16-20-21(27)9-7-10-22(20)28)25(33)11-8-14-32(38(5,35)36)19-12-13-24(37-4)23(29)15-19/h7,9-10,12-13,15,17-18H,6,8,11,14,16H2,1-5H3,(H,30,34)/t17-,18-/m1/s1. The van der Waals surface area contributed by atoms with Crippen LogP contribution in [0, 0.1) is 0 Å². The Balaban J connectivity index is 2.25. The van der Waals surface area contributed by atoms with Gasteiger partial charge in [-0.2, -0.15) is 0 Å². The van der Waals surface area contributed by atoms with E-state index < -0.39 is 16.1 Å². The van der Waals surface area contributed by atoms with Crippen molar-refractivity contribution in [2.75, 3.05) is 24.2 Å². The van der Waals surface area contributed by atoms with Gasteiger partial charge in [-0.3, -0.25) is 13.9 Å². The summed E-state index contributed by atoms with van der Waals surface area (Å²) in [5.74, 6) is -0.229. The van der Waals surface area contributed by atoms with Crippen LogP contribution in [0.3, 0.4) is 0 Å². The fourth-order valence-electron chi connectivity index (χ4n) is 3.72. The van der Waals surface area contributed by atoms with Crippen molar-refractivity contribution in [3.63, 3.8) is 0 Å². The zero-order valence-electron chi connectivity index (χ0n) is 22.1. The highest BCUT2D eigenvalue weighted by Crippen LogP contribution is 2.31. The number of methoxy groups -OCH3 is 1. The maximum atomic E-state index is 13.4. The Kier molecular flexibility index (Phi) is 12.0. The van der Waals surface area contributed by atoms with Crippen molar-refractivity contribution >= 4 is 62.3 Å². The van der Waals surface area contributed by atoms with Gasteiger partial charge < -0.3 is 15.0 Å². The summed E-state index contributed by atoms with van der Waals surface area (Å²) in [5, 5.41) is 3.92. The van der Waals surface area contributed by atoms with Crippen molar-refractivity contribution in [2.45, 2.75) is 58.7 Å². The number of amides is 2. The van der Waals surface area contributed by atoms with E-state index >= 15 is 0 Å². The summed E-state index contributed by atoms with van der Waals surface area (Å²) in [4.78, 5) is 27.8. The third kappa shape index (κ3) is 8.66. The number of rotatable bonds is 13. The summed E-state index contributed by atoms with van der Waals surface area (Å²) in [6, 6.07) is 8.81. The van der Waals surface area contributed by atoms with Gasteiger partial charge in [-0.25, -0.2) is 8.42 Å². The second-order valence-corrected chi connectivity index (χ2v) is 12.1. The van der Waals surface area contributed by atoms with Gasteiger partial charge in [0.15, 0.2) is 0 Å². The maximum Gasteiger partial charge on any atom is 0.242 e. The first kappa shape index (κ1) is 32.0. The molecule has 8 nitrogen and oxygen atoms in total. The van der Waals surface area contributed by atoms with E-state index in [1.807, 2.05) is 13.8 Å². The van der Waals surface area contributed by atoms with Crippen LogP contribution >= 0.6 is 34.8 Å². The van der Waals surface area contributed by atoms with Crippen molar-refractivity contribution in [1.29, 1.82) is 0 Å². The van der Waals surface area contributed by atoms with Gasteiger partial charge in [0, 0.05) is 41.2 Å². The van der Waals surface area contributed by atoms with Crippen molar-refractivity contribution in [1.82, 2.24) is 10.2 Å². The van der Waals surface area contributed by atoms with Crippen LogP contribution in [0.2, 0.25) is 15.1 Å². The van der Waals surface area contributed by atoms with E-state index in [1.54, 1.807) is 37.3 Å². The largest absolute Gasteiger partial charge is 0.495 e. The van der Waals surface area contributed by atoms with E-state index in [-0.39, 0.29) is 48.8 Å². The molecule has 0 saturated heterocycles. The molecular formula is C26H34Cl3N3O5S. The molecule has 38 heavy (non-hydrogen) atoms. The smallest absolute Gasteiger partial charge is 0.242 e. The molecule has 0 spiro atoms. The minimum absolute atomic E-state index is 0.0150. The topological polar surface area (TPSA) is 96.0 Å². The van der Waals surface area contributed by atoms with E-state index in [9.17, 15) is 18.0 Å². The van der Waals surface area contributed by atoms with Gasteiger partial charge in [-0.15, -0.1) is 0 Å². The van der Waals surface area contributed by atoms with Gasteiger partial charge in [0.1, 0.15) is 11.8 Å². The molecule has 0 aliphatic carbocycles. The summed E-state index contributed by atoms with van der Waals surface area (Å²) >= 11 is 18.9. The SMILES string of the molecule is CC[C@@H](C)NC(=O)[C@@H](C)N(Cc1c(Cl)cccc1Cl)C(=O)CCCN(c1ccc(OC)c(Cl)c1)S(C)(=O)=O. The van der Waals surface area contributed by atoms with Crippen LogP contribution in [0.5, 0.6) is 5.75 Å². The van der Waals surface area contributed by atoms with Gasteiger partial charge in [0.2, 0.25) is 21.8 Å². The summed E-state index contributed by atoms with van der Waals surface area (Å²) in [6.07, 6.45) is 2.00. The summed E-state index contributed by atoms with van der Waals surface area (Å²) < 4.78 is 31.4. The van der Waals surface area contributed by atoms with Crippen LogP contribution in [0.25, 0.3) is 0 Å². The van der Waals surface area contributed by atoms with Gasteiger partial charge in [-0.1, -0.05) is 47.8 Å². The monoisotopic (exact) mass is 605 g/mol. The molecule has 0 unspecified atom stereocenters. The number of nitrogens with zero attached hydrogens (tertiary/aromatic N) is 2. The number of benzene rings is 2. The highest BCUT2D eigenvalue weighted by molar-refractivity contribution is 7.92. The van der Waals surface area contributed by atoms with Crippen LogP contribution in [0.15, 0.2) is 36.4 Å². The molecule has 2 aromatic carbocycles. The van der Waals surface area contributed by atoms with Crippen LogP contribution in [-0.2, 0) is 26.2 Å². The summed E-state index contributed by atoms with van der Waals surface area (Å²) in [6.45, 7) is 5.53. The van der Waals surface area contributed by atoms with Gasteiger partial charge in [0.05, 0.1) is 24.1 Å². The Morgan fingerprint density at radius 3 is 2.21 bits per heavy atom. The Morgan fingerprint density at radius 1 is 1.05 bits per heavy atom. The zero-order chi connectivity index (χ0) is 28.6. The van der Waals surface area contributed by atoms with E-state index in [4.69, 9.17) is 39.5 Å². The number of carbonyl (C=O) groups is 2. The maximum absolute atomic E-state index is 13.4. The number of ether oxygens (including phenoxy) is 1. The van der Waals surface area contributed by atoms with Crippen molar-refractivity contribution in [2.24, 2.45) is 0 Å². The lowest BCUT2D eigenvalue weighted by Crippen LogP contribution is -2.49. The zero-order valence-corrected chi connectivity index (χ0v) is 25.2. The summed E-state index contributed by atoms with van der Waals surface area (Å²) in [5.41, 5.74) is 0.879. The molecule has 2 amide bonds. The molecule has 0 bridgehead atoms. The predicted octanol–water partition coefficient (Wildman–Crippen LogP) is 5.53. The molecule has 2 atom stereocenters. The third-order valence-electron chi connectivity index (χ3n) is 6.13. The Bertz CT molecular complexity index is 1220. The Morgan fingerprint density at radius 2 is 1.68 bits per heavy atom. The molecule has 0 aliphatic rings. The molecular weight excluding hydrogens is 573 g/mol. The summed E-state index contributed by atoms with van der Waals surface area (Å²) in [7, 11) is -2.20. The lowest BCUT2D eigenvalue weighted by Gasteiger charge is -2.30. The molecule has 12 heteroatoms. The van der Waals surface area contributed by atoms with E-state index in [1.165, 1.54) is 22.4 Å². The first-order valence-corrected chi connectivity index (χ1v) is 15.1. The van der Waals surface area contributed by atoms with Crippen LogP contribution in [-0.4, -0.2) is 57.1 Å². The number of nitrogens with one attached hydrogen (secondary N) is 1. The number of carbonyl (C=O) groups excluding carboxylic acids is 2. The molecule has 0 aromatic heterocycles. The lowest BCUT2D eigenvalue weighted by molar-refractivity contribution is -0.140.